The molecule has 0 atom stereocenters. The van der Waals surface area contributed by atoms with Crippen LogP contribution in [0.25, 0.3) is 0 Å². The van der Waals surface area contributed by atoms with Crippen molar-refractivity contribution in [1.82, 2.24) is 14.7 Å². The molecule has 0 saturated carbocycles. The molecule has 1 saturated heterocycles. The average Bonchev–Trinajstić information content (AvgIpc) is 2.55. The van der Waals surface area contributed by atoms with Gasteiger partial charge >= 0.3 is 5.97 Å². The topological polar surface area (TPSA) is 58.4 Å². The third-order valence-corrected chi connectivity index (χ3v) is 2.97. The number of carboxylic acids is 1. The summed E-state index contributed by atoms with van der Waals surface area (Å²) in [6.07, 6.45) is 5.21. The fourth-order valence-corrected chi connectivity index (χ4v) is 2.12. The van der Waals surface area contributed by atoms with Crippen molar-refractivity contribution in [3.05, 3.63) is 18.0 Å². The number of nitrogens with zero attached hydrogens (tertiary/aromatic N) is 3. The number of aliphatic carboxylic acids is 1. The fourth-order valence-electron chi connectivity index (χ4n) is 2.12. The molecule has 0 amide bonds. The van der Waals surface area contributed by atoms with Crippen LogP contribution in [0, 0.1) is 5.92 Å². The van der Waals surface area contributed by atoms with Gasteiger partial charge < -0.3 is 10.0 Å². The normalized spacial score (nSPS) is 17.3. The predicted molar refractivity (Wildman–Crippen MR) is 59.1 cm³/mol. The van der Waals surface area contributed by atoms with Gasteiger partial charge in [0.15, 0.2) is 0 Å². The Bertz CT molecular complexity index is 369. The highest BCUT2D eigenvalue weighted by Crippen LogP contribution is 2.19. The lowest BCUT2D eigenvalue weighted by Crippen LogP contribution is -2.48. The second kappa shape index (κ2) is 4.65. The summed E-state index contributed by atoms with van der Waals surface area (Å²) in [4.78, 5) is 12.8. The Morgan fingerprint density at radius 3 is 2.94 bits per heavy atom. The first-order valence-electron chi connectivity index (χ1n) is 5.55. The Labute approximate surface area is 94.7 Å². The van der Waals surface area contributed by atoms with Crippen molar-refractivity contribution in [1.29, 1.82) is 0 Å². The Morgan fingerprint density at radius 1 is 1.62 bits per heavy atom. The van der Waals surface area contributed by atoms with E-state index in [1.807, 2.05) is 19.4 Å². The van der Waals surface area contributed by atoms with E-state index in [1.54, 1.807) is 4.68 Å². The quantitative estimate of drug-likeness (QED) is 0.783. The number of hydrogen-bond acceptors (Lipinski definition) is 3. The molecule has 5 heteroatoms. The van der Waals surface area contributed by atoms with Crippen LogP contribution in [-0.4, -0.2) is 45.4 Å². The van der Waals surface area contributed by atoms with Crippen LogP contribution in [0.15, 0.2) is 12.4 Å². The van der Waals surface area contributed by atoms with Crippen molar-refractivity contribution < 1.29 is 9.90 Å². The van der Waals surface area contributed by atoms with Gasteiger partial charge in [-0.1, -0.05) is 0 Å². The van der Waals surface area contributed by atoms with Gasteiger partial charge in [-0.25, -0.2) is 0 Å². The molecule has 0 aromatic carbocycles. The van der Waals surface area contributed by atoms with Crippen LogP contribution >= 0.6 is 0 Å². The van der Waals surface area contributed by atoms with Crippen molar-refractivity contribution in [2.45, 2.75) is 12.8 Å². The van der Waals surface area contributed by atoms with E-state index < -0.39 is 5.97 Å². The third-order valence-electron chi connectivity index (χ3n) is 2.97. The van der Waals surface area contributed by atoms with Crippen LogP contribution in [0.4, 0.5) is 0 Å². The Morgan fingerprint density at radius 2 is 2.38 bits per heavy atom. The molecular formula is C11H17N3O2. The number of carboxylic acid groups (broad SMARTS) is 1. The molecule has 0 unspecified atom stereocenters. The van der Waals surface area contributed by atoms with Crippen molar-refractivity contribution in [3.8, 4) is 0 Å². The molecule has 1 aliphatic heterocycles. The first kappa shape index (κ1) is 11.1. The van der Waals surface area contributed by atoms with E-state index in [4.69, 9.17) is 5.11 Å². The van der Waals surface area contributed by atoms with Crippen LogP contribution in [-0.2, 0) is 18.3 Å². The zero-order valence-electron chi connectivity index (χ0n) is 9.46. The molecule has 0 aliphatic carbocycles. The molecular weight excluding hydrogens is 206 g/mol. The van der Waals surface area contributed by atoms with E-state index in [0.717, 1.165) is 26.1 Å². The maximum Gasteiger partial charge on any atom is 0.303 e. The molecule has 1 N–H and O–H groups in total. The van der Waals surface area contributed by atoms with E-state index in [-0.39, 0.29) is 0 Å². The highest BCUT2D eigenvalue weighted by atomic mass is 16.4. The summed E-state index contributed by atoms with van der Waals surface area (Å²) in [5.74, 6) is -0.330. The van der Waals surface area contributed by atoms with Gasteiger partial charge in [-0.05, 0) is 17.9 Å². The first-order chi connectivity index (χ1) is 7.63. The van der Waals surface area contributed by atoms with Crippen LogP contribution in [0.1, 0.15) is 12.0 Å². The van der Waals surface area contributed by atoms with Crippen molar-refractivity contribution in [3.63, 3.8) is 0 Å². The number of rotatable bonds is 5. The molecule has 1 aromatic rings. The van der Waals surface area contributed by atoms with Gasteiger partial charge in [-0.3, -0.25) is 9.48 Å². The molecule has 16 heavy (non-hydrogen) atoms. The van der Waals surface area contributed by atoms with Crippen LogP contribution in [0.3, 0.4) is 0 Å². The van der Waals surface area contributed by atoms with Crippen LogP contribution in [0.5, 0.6) is 0 Å². The van der Waals surface area contributed by atoms with Gasteiger partial charge in [0.1, 0.15) is 0 Å². The summed E-state index contributed by atoms with van der Waals surface area (Å²) >= 11 is 0. The van der Waals surface area contributed by atoms with E-state index in [9.17, 15) is 4.79 Å². The Kier molecular flexibility index (Phi) is 3.24. The average molecular weight is 223 g/mol. The zero-order valence-corrected chi connectivity index (χ0v) is 9.46. The van der Waals surface area contributed by atoms with Crippen LogP contribution in [0.2, 0.25) is 0 Å². The molecule has 1 aromatic heterocycles. The minimum atomic E-state index is -0.683. The summed E-state index contributed by atoms with van der Waals surface area (Å²) in [6.45, 7) is 2.85. The molecule has 0 spiro atoms. The second-order valence-corrected chi connectivity index (χ2v) is 4.50. The second-order valence-electron chi connectivity index (χ2n) is 4.50. The summed E-state index contributed by atoms with van der Waals surface area (Å²) < 4.78 is 1.80. The minimum Gasteiger partial charge on any atom is -0.481 e. The lowest BCUT2D eigenvalue weighted by Gasteiger charge is -2.38. The molecule has 1 fully saturated rings. The zero-order chi connectivity index (χ0) is 11.5. The number of aromatic nitrogens is 2. The summed E-state index contributed by atoms with van der Waals surface area (Å²) in [5.41, 5.74) is 1.24. The van der Waals surface area contributed by atoms with Gasteiger partial charge in [0.25, 0.3) is 0 Å². The summed E-state index contributed by atoms with van der Waals surface area (Å²) in [5, 5.41) is 12.7. The van der Waals surface area contributed by atoms with Gasteiger partial charge in [0.2, 0.25) is 0 Å². The van der Waals surface area contributed by atoms with Gasteiger partial charge in [-0.15, -0.1) is 0 Å². The minimum absolute atomic E-state index is 0.309. The monoisotopic (exact) mass is 223 g/mol. The van der Waals surface area contributed by atoms with E-state index in [2.05, 4.69) is 10.00 Å². The van der Waals surface area contributed by atoms with Gasteiger partial charge in [0.05, 0.1) is 12.6 Å². The highest BCUT2D eigenvalue weighted by molar-refractivity contribution is 5.67. The lowest BCUT2D eigenvalue weighted by molar-refractivity contribution is -0.139. The summed E-state index contributed by atoms with van der Waals surface area (Å²) in [6, 6.07) is 0. The van der Waals surface area contributed by atoms with E-state index in [1.165, 1.54) is 5.56 Å². The molecule has 0 radical (unpaired) electrons. The Balaban J connectivity index is 1.65. The first-order valence-corrected chi connectivity index (χ1v) is 5.55. The smallest absolute Gasteiger partial charge is 0.303 e. The van der Waals surface area contributed by atoms with E-state index in [0.29, 0.717) is 12.3 Å². The van der Waals surface area contributed by atoms with Crippen molar-refractivity contribution >= 4 is 5.97 Å². The summed E-state index contributed by atoms with van der Waals surface area (Å²) in [7, 11) is 1.91. The van der Waals surface area contributed by atoms with Gasteiger partial charge in [0, 0.05) is 32.9 Å². The standard InChI is InChI=1S/C11H17N3O2/c1-13-6-9(5-12-13)2-3-14-7-10(8-14)4-11(15)16/h5-6,10H,2-4,7-8H2,1H3,(H,15,16). The number of hydrogen-bond donors (Lipinski definition) is 1. The number of likely N-dealkylation sites (tertiary alicyclic amines) is 1. The number of carbonyl (C=O) groups is 1. The van der Waals surface area contributed by atoms with Crippen molar-refractivity contribution in [2.75, 3.05) is 19.6 Å². The SMILES string of the molecule is Cn1cc(CCN2CC(CC(=O)O)C2)cn1. The van der Waals surface area contributed by atoms with Crippen molar-refractivity contribution in [2.24, 2.45) is 13.0 Å². The van der Waals surface area contributed by atoms with E-state index >= 15 is 0 Å². The van der Waals surface area contributed by atoms with Gasteiger partial charge in [-0.2, -0.15) is 5.10 Å². The molecule has 2 heterocycles. The predicted octanol–water partition coefficient (Wildman–Crippen LogP) is 0.369. The largest absolute Gasteiger partial charge is 0.481 e. The highest BCUT2D eigenvalue weighted by Gasteiger charge is 2.27. The van der Waals surface area contributed by atoms with Crippen LogP contribution < -0.4 is 0 Å². The fraction of sp³-hybridized carbons (Fsp3) is 0.636. The molecule has 2 rings (SSSR count). The molecule has 0 bridgehead atoms. The third kappa shape index (κ3) is 2.82. The maximum atomic E-state index is 10.5. The number of aryl methyl sites for hydroxylation is 1. The Hall–Kier alpha value is -1.36. The molecule has 1 aliphatic rings. The lowest BCUT2D eigenvalue weighted by atomic mass is 9.96. The molecule has 88 valence electrons. The maximum absolute atomic E-state index is 10.5. The molecule has 5 nitrogen and oxygen atoms in total.